The molecule has 2 aliphatic heterocycles. The van der Waals surface area contributed by atoms with Crippen molar-refractivity contribution < 1.29 is 0 Å². The number of anilines is 3. The molecular formula is C18H25N7O. The molecule has 2 aromatic heterocycles. The second-order valence-corrected chi connectivity index (χ2v) is 6.97. The Morgan fingerprint density at radius 1 is 0.885 bits per heavy atom. The summed E-state index contributed by atoms with van der Waals surface area (Å²) in [6.07, 6.45) is 5.83. The Morgan fingerprint density at radius 3 is 2.12 bits per heavy atom. The van der Waals surface area contributed by atoms with Crippen LogP contribution in [0, 0.1) is 6.92 Å². The maximum Gasteiger partial charge on any atom is 0.293 e. The van der Waals surface area contributed by atoms with Crippen molar-refractivity contribution in [2.24, 2.45) is 7.05 Å². The molecular weight excluding hydrogens is 330 g/mol. The molecule has 0 bridgehead atoms. The summed E-state index contributed by atoms with van der Waals surface area (Å²) in [5.41, 5.74) is -0.0462. The van der Waals surface area contributed by atoms with Crippen LogP contribution in [0.15, 0.2) is 23.3 Å². The number of aromatic nitrogens is 4. The summed E-state index contributed by atoms with van der Waals surface area (Å²) in [7, 11) is 1.76. The minimum absolute atomic E-state index is 0.0462. The van der Waals surface area contributed by atoms with Crippen molar-refractivity contribution in [1.29, 1.82) is 0 Å². The van der Waals surface area contributed by atoms with E-state index in [0.29, 0.717) is 5.82 Å². The van der Waals surface area contributed by atoms with Gasteiger partial charge < -0.3 is 19.3 Å². The second kappa shape index (κ2) is 6.93. The van der Waals surface area contributed by atoms with E-state index in [9.17, 15) is 4.79 Å². The van der Waals surface area contributed by atoms with Crippen LogP contribution >= 0.6 is 0 Å². The van der Waals surface area contributed by atoms with Crippen LogP contribution < -0.4 is 20.3 Å². The van der Waals surface area contributed by atoms with Crippen molar-refractivity contribution in [3.63, 3.8) is 0 Å². The van der Waals surface area contributed by atoms with Crippen LogP contribution in [0.3, 0.4) is 0 Å². The molecule has 26 heavy (non-hydrogen) atoms. The molecule has 0 saturated carbocycles. The third-order valence-electron chi connectivity index (χ3n) is 5.14. The lowest BCUT2D eigenvalue weighted by Crippen LogP contribution is -2.49. The predicted octanol–water partition coefficient (Wildman–Crippen LogP) is 0.806. The molecule has 4 rings (SSSR count). The van der Waals surface area contributed by atoms with Gasteiger partial charge in [0.15, 0.2) is 5.82 Å². The minimum atomic E-state index is -0.0462. The van der Waals surface area contributed by atoms with Gasteiger partial charge in [-0.15, -0.1) is 0 Å². The van der Waals surface area contributed by atoms with Gasteiger partial charge >= 0.3 is 0 Å². The second-order valence-electron chi connectivity index (χ2n) is 6.97. The first-order chi connectivity index (χ1) is 12.6. The smallest absolute Gasteiger partial charge is 0.293 e. The van der Waals surface area contributed by atoms with Crippen molar-refractivity contribution in [1.82, 2.24) is 19.5 Å². The third kappa shape index (κ3) is 3.23. The Kier molecular flexibility index (Phi) is 4.48. The first-order valence-corrected chi connectivity index (χ1v) is 9.24. The Morgan fingerprint density at radius 2 is 1.46 bits per heavy atom. The topological polar surface area (TPSA) is 70.4 Å². The molecule has 2 saturated heterocycles. The number of rotatable bonds is 3. The van der Waals surface area contributed by atoms with Gasteiger partial charge in [-0.2, -0.15) is 0 Å². The van der Waals surface area contributed by atoms with Gasteiger partial charge in [0.25, 0.3) is 5.56 Å². The summed E-state index contributed by atoms with van der Waals surface area (Å²) in [4.78, 5) is 32.5. The van der Waals surface area contributed by atoms with E-state index in [1.165, 1.54) is 12.8 Å². The Balaban J connectivity index is 1.49. The Bertz CT molecular complexity index is 836. The van der Waals surface area contributed by atoms with E-state index in [-0.39, 0.29) is 5.56 Å². The van der Waals surface area contributed by atoms with Gasteiger partial charge in [-0.05, 0) is 19.8 Å². The average molecular weight is 355 g/mol. The van der Waals surface area contributed by atoms with Crippen molar-refractivity contribution in [3.8, 4) is 0 Å². The molecule has 0 N–H and O–H groups in total. The molecule has 0 amide bonds. The van der Waals surface area contributed by atoms with Crippen molar-refractivity contribution in [3.05, 3.63) is 34.6 Å². The first kappa shape index (κ1) is 16.8. The van der Waals surface area contributed by atoms with Crippen molar-refractivity contribution >= 4 is 17.5 Å². The number of piperazine rings is 1. The molecule has 0 aliphatic carbocycles. The fraction of sp³-hybridized carbons (Fsp3) is 0.556. The zero-order valence-corrected chi connectivity index (χ0v) is 15.4. The van der Waals surface area contributed by atoms with E-state index in [2.05, 4.69) is 35.7 Å². The van der Waals surface area contributed by atoms with Crippen LogP contribution in [0.2, 0.25) is 0 Å². The van der Waals surface area contributed by atoms with E-state index in [0.717, 1.165) is 56.7 Å². The zero-order valence-electron chi connectivity index (χ0n) is 15.4. The highest BCUT2D eigenvalue weighted by atomic mass is 16.1. The van der Waals surface area contributed by atoms with Crippen molar-refractivity contribution in [2.45, 2.75) is 19.8 Å². The van der Waals surface area contributed by atoms with Crippen LogP contribution in [0.4, 0.5) is 17.5 Å². The predicted molar refractivity (Wildman–Crippen MR) is 102 cm³/mol. The zero-order chi connectivity index (χ0) is 18.1. The number of hydrogen-bond acceptors (Lipinski definition) is 7. The summed E-state index contributed by atoms with van der Waals surface area (Å²) in [5.74, 6) is 3.36. The van der Waals surface area contributed by atoms with E-state index >= 15 is 0 Å². The highest BCUT2D eigenvalue weighted by Gasteiger charge is 2.23. The molecule has 2 fully saturated rings. The first-order valence-electron chi connectivity index (χ1n) is 9.24. The van der Waals surface area contributed by atoms with E-state index in [4.69, 9.17) is 0 Å². The van der Waals surface area contributed by atoms with Gasteiger partial charge in [-0.1, -0.05) is 0 Å². The highest BCUT2D eigenvalue weighted by Crippen LogP contribution is 2.23. The van der Waals surface area contributed by atoms with Crippen LogP contribution in [0.1, 0.15) is 18.7 Å². The molecule has 138 valence electrons. The van der Waals surface area contributed by atoms with Gasteiger partial charge in [0, 0.05) is 64.8 Å². The standard InChI is InChI=1S/C18H25N7O/c1-14-20-15(23-6-3-4-7-23)13-16(21-14)24-9-11-25(12-10-24)17-18(26)22(2)8-5-19-17/h5,8,13H,3-4,6-7,9-12H2,1-2H3. The number of hydrogen-bond donors (Lipinski definition) is 0. The average Bonchev–Trinajstić information content (AvgIpc) is 3.19. The Hall–Kier alpha value is -2.64. The van der Waals surface area contributed by atoms with E-state index < -0.39 is 0 Å². The van der Waals surface area contributed by atoms with E-state index in [1.54, 1.807) is 24.0 Å². The molecule has 2 aromatic rings. The minimum Gasteiger partial charge on any atom is -0.356 e. The Labute approximate surface area is 153 Å². The maximum absolute atomic E-state index is 12.3. The SMILES string of the molecule is Cc1nc(N2CCCC2)cc(N2CCN(c3nccn(C)c3=O)CC2)n1. The fourth-order valence-electron chi connectivity index (χ4n) is 3.66. The summed E-state index contributed by atoms with van der Waals surface area (Å²) >= 11 is 0. The van der Waals surface area contributed by atoms with Gasteiger partial charge in [0.2, 0.25) is 0 Å². The van der Waals surface area contributed by atoms with Crippen LogP contribution in [0.25, 0.3) is 0 Å². The highest BCUT2D eigenvalue weighted by molar-refractivity contribution is 5.52. The monoisotopic (exact) mass is 355 g/mol. The van der Waals surface area contributed by atoms with Crippen LogP contribution in [-0.2, 0) is 7.05 Å². The molecule has 4 heterocycles. The summed E-state index contributed by atoms with van der Waals surface area (Å²) in [6.45, 7) is 7.25. The normalized spacial score (nSPS) is 17.8. The van der Waals surface area contributed by atoms with Gasteiger partial charge in [0.1, 0.15) is 17.5 Å². The number of aryl methyl sites for hydroxylation is 2. The lowest BCUT2D eigenvalue weighted by atomic mass is 10.3. The van der Waals surface area contributed by atoms with Crippen molar-refractivity contribution in [2.75, 3.05) is 54.0 Å². The molecule has 0 atom stereocenters. The van der Waals surface area contributed by atoms with Gasteiger partial charge in [-0.3, -0.25) is 4.79 Å². The fourth-order valence-corrected chi connectivity index (χ4v) is 3.66. The van der Waals surface area contributed by atoms with Gasteiger partial charge in [-0.25, -0.2) is 15.0 Å². The largest absolute Gasteiger partial charge is 0.356 e. The molecule has 8 heteroatoms. The lowest BCUT2D eigenvalue weighted by Gasteiger charge is -2.36. The van der Waals surface area contributed by atoms with Crippen LogP contribution in [0.5, 0.6) is 0 Å². The third-order valence-corrected chi connectivity index (χ3v) is 5.14. The summed E-state index contributed by atoms with van der Waals surface area (Å²) in [5, 5.41) is 0. The maximum atomic E-state index is 12.3. The van der Waals surface area contributed by atoms with E-state index in [1.807, 2.05) is 6.92 Å². The van der Waals surface area contributed by atoms with Crippen LogP contribution in [-0.4, -0.2) is 58.8 Å². The summed E-state index contributed by atoms with van der Waals surface area (Å²) < 4.78 is 1.57. The molecule has 8 nitrogen and oxygen atoms in total. The quantitative estimate of drug-likeness (QED) is 0.807. The molecule has 0 aromatic carbocycles. The van der Waals surface area contributed by atoms with Gasteiger partial charge in [0.05, 0.1) is 0 Å². The molecule has 2 aliphatic rings. The summed E-state index contributed by atoms with van der Waals surface area (Å²) in [6, 6.07) is 2.10. The molecule has 0 radical (unpaired) electrons. The molecule has 0 unspecified atom stereocenters. The lowest BCUT2D eigenvalue weighted by molar-refractivity contribution is 0.632. The number of nitrogens with zero attached hydrogens (tertiary/aromatic N) is 7. The molecule has 0 spiro atoms.